The van der Waals surface area contributed by atoms with Crippen molar-refractivity contribution in [2.75, 3.05) is 6.54 Å². The first-order valence-corrected chi connectivity index (χ1v) is 6.36. The Morgan fingerprint density at radius 2 is 1.72 bits per heavy atom. The molecule has 0 saturated heterocycles. The van der Waals surface area contributed by atoms with Gasteiger partial charge in [0.15, 0.2) is 0 Å². The number of rotatable bonds is 3. The number of hydrogen-bond acceptors (Lipinski definition) is 2. The second-order valence-corrected chi connectivity index (χ2v) is 4.94. The van der Waals surface area contributed by atoms with Gasteiger partial charge in [0, 0.05) is 12.6 Å². The van der Waals surface area contributed by atoms with Crippen molar-refractivity contribution in [3.63, 3.8) is 0 Å². The van der Waals surface area contributed by atoms with Gasteiger partial charge >= 0.3 is 0 Å². The Morgan fingerprint density at radius 1 is 1.11 bits per heavy atom. The van der Waals surface area contributed by atoms with Crippen molar-refractivity contribution >= 4 is 0 Å². The Hall–Kier alpha value is -1.61. The molecule has 1 aromatic carbocycles. The summed E-state index contributed by atoms with van der Waals surface area (Å²) in [4.78, 5) is 4.56. The summed E-state index contributed by atoms with van der Waals surface area (Å²) in [6.07, 6.45) is 2.94. The Morgan fingerprint density at radius 3 is 2.28 bits per heavy atom. The predicted molar refractivity (Wildman–Crippen MR) is 75.3 cm³/mol. The summed E-state index contributed by atoms with van der Waals surface area (Å²) in [5.74, 6) is 1.02. The van der Waals surface area contributed by atoms with Gasteiger partial charge in [0.1, 0.15) is 5.82 Å². The highest BCUT2D eigenvalue weighted by Gasteiger charge is 2.10. The van der Waals surface area contributed by atoms with Crippen LogP contribution < -0.4 is 5.73 Å². The summed E-state index contributed by atoms with van der Waals surface area (Å²) in [5, 5.41) is 0. The van der Waals surface area contributed by atoms with Crippen LogP contribution in [0.2, 0.25) is 0 Å². The van der Waals surface area contributed by atoms with Crippen molar-refractivity contribution < 1.29 is 0 Å². The number of aromatic nitrogens is 2. The zero-order valence-corrected chi connectivity index (χ0v) is 11.6. The van der Waals surface area contributed by atoms with E-state index < -0.39 is 0 Å². The maximum Gasteiger partial charge on any atom is 0.110 e. The third-order valence-corrected chi connectivity index (χ3v) is 3.21. The molecule has 2 rings (SSSR count). The van der Waals surface area contributed by atoms with Gasteiger partial charge in [0.2, 0.25) is 0 Å². The van der Waals surface area contributed by atoms with Crippen LogP contribution >= 0.6 is 0 Å². The van der Waals surface area contributed by atoms with Crippen molar-refractivity contribution in [3.8, 4) is 5.69 Å². The molecule has 0 atom stereocenters. The molecule has 0 aliphatic carbocycles. The van der Waals surface area contributed by atoms with Crippen LogP contribution in [0.25, 0.3) is 5.69 Å². The van der Waals surface area contributed by atoms with Crippen molar-refractivity contribution in [2.45, 2.75) is 34.1 Å². The van der Waals surface area contributed by atoms with Gasteiger partial charge in [-0.05, 0) is 45.4 Å². The summed E-state index contributed by atoms with van der Waals surface area (Å²) >= 11 is 0. The van der Waals surface area contributed by atoms with E-state index in [2.05, 4.69) is 48.7 Å². The molecule has 2 aromatic rings. The van der Waals surface area contributed by atoms with Crippen LogP contribution in [0.1, 0.15) is 28.2 Å². The molecule has 96 valence electrons. The molecular weight excluding hydrogens is 222 g/mol. The lowest BCUT2D eigenvalue weighted by Gasteiger charge is -2.13. The number of imidazole rings is 1. The van der Waals surface area contributed by atoms with Crippen LogP contribution in [-0.4, -0.2) is 16.1 Å². The SMILES string of the molecule is Cc1cc(C)c(-n2cc(CCN)nc2C)c(C)c1. The Labute approximate surface area is 109 Å². The molecular formula is C15H21N3. The molecule has 3 nitrogen and oxygen atoms in total. The summed E-state index contributed by atoms with van der Waals surface area (Å²) in [6, 6.07) is 4.43. The van der Waals surface area contributed by atoms with Gasteiger partial charge in [-0.1, -0.05) is 17.7 Å². The van der Waals surface area contributed by atoms with Crippen LogP contribution in [0.3, 0.4) is 0 Å². The molecule has 0 bridgehead atoms. The topological polar surface area (TPSA) is 43.8 Å². The normalized spacial score (nSPS) is 10.9. The van der Waals surface area contributed by atoms with Crippen molar-refractivity contribution in [2.24, 2.45) is 5.73 Å². The monoisotopic (exact) mass is 243 g/mol. The quantitative estimate of drug-likeness (QED) is 0.900. The van der Waals surface area contributed by atoms with E-state index in [-0.39, 0.29) is 0 Å². The minimum atomic E-state index is 0.641. The van der Waals surface area contributed by atoms with Crippen LogP contribution in [0.4, 0.5) is 0 Å². The van der Waals surface area contributed by atoms with Crippen LogP contribution in [0.5, 0.6) is 0 Å². The lowest BCUT2D eigenvalue weighted by molar-refractivity contribution is 0.927. The molecule has 0 amide bonds. The Bertz CT molecular complexity index is 544. The summed E-state index contributed by atoms with van der Waals surface area (Å²) in [7, 11) is 0. The van der Waals surface area contributed by atoms with Gasteiger partial charge < -0.3 is 10.3 Å². The number of nitrogens with two attached hydrogens (primary N) is 1. The molecule has 0 saturated carbocycles. The number of hydrogen-bond donors (Lipinski definition) is 1. The average molecular weight is 243 g/mol. The number of benzene rings is 1. The van der Waals surface area contributed by atoms with Gasteiger partial charge in [0.25, 0.3) is 0 Å². The molecule has 3 heteroatoms. The van der Waals surface area contributed by atoms with Crippen LogP contribution in [-0.2, 0) is 6.42 Å². The second kappa shape index (κ2) is 4.94. The van der Waals surface area contributed by atoms with Gasteiger partial charge in [-0.3, -0.25) is 0 Å². The zero-order valence-electron chi connectivity index (χ0n) is 11.6. The van der Waals surface area contributed by atoms with Gasteiger partial charge in [0.05, 0.1) is 11.4 Å². The van der Waals surface area contributed by atoms with E-state index in [1.165, 1.54) is 22.4 Å². The smallest absolute Gasteiger partial charge is 0.110 e. The molecule has 18 heavy (non-hydrogen) atoms. The van der Waals surface area contributed by atoms with Gasteiger partial charge in [-0.25, -0.2) is 4.98 Å². The second-order valence-electron chi connectivity index (χ2n) is 4.94. The van der Waals surface area contributed by atoms with E-state index >= 15 is 0 Å². The molecule has 0 radical (unpaired) electrons. The Balaban J connectivity index is 2.55. The molecule has 2 N–H and O–H groups in total. The first kappa shape index (κ1) is 12.8. The lowest BCUT2D eigenvalue weighted by Crippen LogP contribution is -2.03. The fraction of sp³-hybridized carbons (Fsp3) is 0.400. The predicted octanol–water partition coefficient (Wildman–Crippen LogP) is 2.61. The molecule has 1 heterocycles. The minimum absolute atomic E-state index is 0.641. The fourth-order valence-corrected chi connectivity index (χ4v) is 2.58. The minimum Gasteiger partial charge on any atom is -0.330 e. The average Bonchev–Trinajstić information content (AvgIpc) is 2.59. The zero-order chi connectivity index (χ0) is 13.3. The number of nitrogens with zero attached hydrogens (tertiary/aromatic N) is 2. The molecule has 0 aliphatic heterocycles. The van der Waals surface area contributed by atoms with Crippen molar-refractivity contribution in [1.82, 2.24) is 9.55 Å². The highest BCUT2D eigenvalue weighted by atomic mass is 15.1. The van der Waals surface area contributed by atoms with E-state index in [4.69, 9.17) is 5.73 Å². The van der Waals surface area contributed by atoms with Crippen molar-refractivity contribution in [1.29, 1.82) is 0 Å². The molecule has 0 fully saturated rings. The maximum absolute atomic E-state index is 5.59. The largest absolute Gasteiger partial charge is 0.330 e. The van der Waals surface area contributed by atoms with Gasteiger partial charge in [-0.2, -0.15) is 0 Å². The lowest BCUT2D eigenvalue weighted by atomic mass is 10.0. The maximum atomic E-state index is 5.59. The third kappa shape index (κ3) is 2.31. The van der Waals surface area contributed by atoms with E-state index in [9.17, 15) is 0 Å². The highest BCUT2D eigenvalue weighted by Crippen LogP contribution is 2.22. The third-order valence-electron chi connectivity index (χ3n) is 3.21. The first-order chi connectivity index (χ1) is 8.52. The standard InChI is InChI=1S/C15H21N3/c1-10-7-11(2)15(12(3)8-10)18-9-14(5-6-16)17-13(18)4/h7-9H,5-6,16H2,1-4H3. The first-order valence-electron chi connectivity index (χ1n) is 6.36. The van der Waals surface area contributed by atoms with E-state index in [0.29, 0.717) is 6.54 Å². The molecule has 0 spiro atoms. The van der Waals surface area contributed by atoms with E-state index in [1.807, 2.05) is 6.92 Å². The van der Waals surface area contributed by atoms with E-state index in [0.717, 1.165) is 17.9 Å². The summed E-state index contributed by atoms with van der Waals surface area (Å²) < 4.78 is 2.18. The highest BCUT2D eigenvalue weighted by molar-refractivity contribution is 5.50. The molecule has 1 aromatic heterocycles. The summed E-state index contributed by atoms with van der Waals surface area (Å²) in [5.41, 5.74) is 11.8. The Kier molecular flexibility index (Phi) is 3.53. The molecule has 0 aliphatic rings. The van der Waals surface area contributed by atoms with Gasteiger partial charge in [-0.15, -0.1) is 0 Å². The van der Waals surface area contributed by atoms with Crippen LogP contribution in [0, 0.1) is 27.7 Å². The van der Waals surface area contributed by atoms with Crippen LogP contribution in [0.15, 0.2) is 18.3 Å². The number of aryl methyl sites for hydroxylation is 4. The van der Waals surface area contributed by atoms with E-state index in [1.54, 1.807) is 0 Å². The summed E-state index contributed by atoms with van der Waals surface area (Å²) in [6.45, 7) is 9.11. The fourth-order valence-electron chi connectivity index (χ4n) is 2.58. The van der Waals surface area contributed by atoms with Crippen molar-refractivity contribution in [3.05, 3.63) is 46.5 Å². The molecule has 0 unspecified atom stereocenters.